The molecule has 206 valence electrons. The Balaban J connectivity index is 1.56. The van der Waals surface area contributed by atoms with Gasteiger partial charge in [-0.05, 0) is 94.6 Å². The molecule has 0 radical (unpaired) electrons. The van der Waals surface area contributed by atoms with Crippen LogP contribution < -0.4 is 26.2 Å². The van der Waals surface area contributed by atoms with Gasteiger partial charge in [0.2, 0.25) is 0 Å². The average molecular weight is 563 g/mol. The second-order valence-electron chi connectivity index (χ2n) is 12.4. The fourth-order valence-electron chi connectivity index (χ4n) is 6.65. The van der Waals surface area contributed by atoms with Crippen molar-refractivity contribution in [3.05, 3.63) is 133 Å². The Hall–Kier alpha value is -4.28. The predicted octanol–water partition coefficient (Wildman–Crippen LogP) is 8.90. The molecular formula is C38H35BN2S. The van der Waals surface area contributed by atoms with Crippen molar-refractivity contribution in [2.24, 2.45) is 0 Å². The zero-order chi connectivity index (χ0) is 29.2. The number of aryl methyl sites for hydroxylation is 1. The van der Waals surface area contributed by atoms with Crippen molar-refractivity contribution in [1.29, 1.82) is 0 Å². The van der Waals surface area contributed by atoms with Crippen molar-refractivity contribution in [1.82, 2.24) is 0 Å². The third kappa shape index (κ3) is 4.08. The molecule has 3 heterocycles. The molecular weight excluding hydrogens is 527 g/mol. The van der Waals surface area contributed by atoms with E-state index in [1.54, 1.807) is 0 Å². The van der Waals surface area contributed by atoms with E-state index >= 15 is 0 Å². The Kier molecular flexibility index (Phi) is 6.29. The zero-order valence-corrected chi connectivity index (χ0v) is 25.8. The maximum atomic E-state index is 3.86. The third-order valence-corrected chi connectivity index (χ3v) is 9.75. The Labute approximate surface area is 254 Å². The molecule has 0 saturated carbocycles. The van der Waals surface area contributed by atoms with E-state index < -0.39 is 0 Å². The zero-order valence-electron chi connectivity index (χ0n) is 25.0. The molecule has 2 aliphatic rings. The first-order chi connectivity index (χ1) is 20.3. The van der Waals surface area contributed by atoms with Crippen molar-refractivity contribution < 1.29 is 0 Å². The number of hydrogen-bond donors (Lipinski definition) is 0. The molecule has 0 fully saturated rings. The van der Waals surface area contributed by atoms with Gasteiger partial charge in [-0.1, -0.05) is 94.1 Å². The van der Waals surface area contributed by atoms with Gasteiger partial charge < -0.3 is 9.80 Å². The molecule has 0 aliphatic carbocycles. The highest BCUT2D eigenvalue weighted by atomic mass is 32.1. The summed E-state index contributed by atoms with van der Waals surface area (Å²) in [5, 5.41) is 2.67. The molecule has 4 heteroatoms. The van der Waals surface area contributed by atoms with Gasteiger partial charge in [-0.3, -0.25) is 0 Å². The van der Waals surface area contributed by atoms with Gasteiger partial charge in [-0.25, -0.2) is 0 Å². The Morgan fingerprint density at radius 1 is 0.833 bits per heavy atom. The van der Waals surface area contributed by atoms with Crippen molar-refractivity contribution in [2.45, 2.75) is 40.0 Å². The number of nitrogens with zero attached hydrogens (tertiary/aromatic N) is 2. The van der Waals surface area contributed by atoms with Gasteiger partial charge >= 0.3 is 0 Å². The van der Waals surface area contributed by atoms with Crippen molar-refractivity contribution in [3.8, 4) is 0 Å². The quantitative estimate of drug-likeness (QED) is 0.156. The molecule has 0 bridgehead atoms. The lowest BCUT2D eigenvalue weighted by Gasteiger charge is -2.43. The molecule has 1 aromatic heterocycles. The molecule has 4 aromatic carbocycles. The second-order valence-corrected chi connectivity index (χ2v) is 13.5. The van der Waals surface area contributed by atoms with E-state index in [9.17, 15) is 0 Å². The second kappa shape index (κ2) is 9.92. The average Bonchev–Trinajstić information content (AvgIpc) is 3.35. The summed E-state index contributed by atoms with van der Waals surface area (Å²) in [6.45, 7) is 15.3. The highest BCUT2D eigenvalue weighted by molar-refractivity contribution is 7.26. The molecule has 0 N–H and O–H groups in total. The van der Waals surface area contributed by atoms with Crippen LogP contribution in [0, 0.1) is 6.92 Å². The van der Waals surface area contributed by atoms with E-state index in [1.165, 1.54) is 71.0 Å². The number of para-hydroxylation sites is 1. The largest absolute Gasteiger partial charge is 0.315 e. The highest BCUT2D eigenvalue weighted by Crippen LogP contribution is 2.47. The van der Waals surface area contributed by atoms with E-state index in [1.807, 2.05) is 23.5 Å². The van der Waals surface area contributed by atoms with Crippen LogP contribution in [0.3, 0.4) is 0 Å². The minimum Gasteiger partial charge on any atom is -0.315 e. The van der Waals surface area contributed by atoms with Gasteiger partial charge in [-0.15, -0.1) is 11.3 Å². The van der Waals surface area contributed by atoms with Gasteiger partial charge in [0.25, 0.3) is 6.71 Å². The van der Waals surface area contributed by atoms with Crippen LogP contribution in [0.2, 0.25) is 0 Å². The molecule has 42 heavy (non-hydrogen) atoms. The summed E-state index contributed by atoms with van der Waals surface area (Å²) in [5.74, 6) is 0. The van der Waals surface area contributed by atoms with E-state index in [0.717, 1.165) is 0 Å². The van der Waals surface area contributed by atoms with Crippen LogP contribution in [0.15, 0.2) is 122 Å². The van der Waals surface area contributed by atoms with E-state index in [2.05, 4.69) is 148 Å². The summed E-state index contributed by atoms with van der Waals surface area (Å²) in [5.41, 5.74) is 13.0. The summed E-state index contributed by atoms with van der Waals surface area (Å²) in [7, 11) is 0. The van der Waals surface area contributed by atoms with Crippen LogP contribution in [0.25, 0.3) is 10.1 Å². The maximum Gasteiger partial charge on any atom is 0.254 e. The number of thiophene rings is 1. The van der Waals surface area contributed by atoms with Crippen LogP contribution >= 0.6 is 11.3 Å². The fraction of sp³-hybridized carbons (Fsp3) is 0.158. The maximum absolute atomic E-state index is 3.86. The topological polar surface area (TPSA) is 6.48 Å². The fourth-order valence-corrected chi connectivity index (χ4v) is 7.92. The molecule has 0 saturated heterocycles. The van der Waals surface area contributed by atoms with E-state index in [-0.39, 0.29) is 12.1 Å². The van der Waals surface area contributed by atoms with Crippen LogP contribution in [-0.4, -0.2) is 6.71 Å². The first-order valence-corrected chi connectivity index (χ1v) is 15.5. The molecule has 2 aliphatic heterocycles. The van der Waals surface area contributed by atoms with Crippen molar-refractivity contribution >= 4 is 72.3 Å². The molecule has 0 amide bonds. The first kappa shape index (κ1) is 26.6. The lowest BCUT2D eigenvalue weighted by Crippen LogP contribution is -2.61. The molecule has 0 atom stereocenters. The molecule has 5 aromatic rings. The molecule has 0 unspecified atom stereocenters. The minimum atomic E-state index is 0.102. The smallest absolute Gasteiger partial charge is 0.254 e. The predicted molar refractivity (Wildman–Crippen MR) is 186 cm³/mol. The summed E-state index contributed by atoms with van der Waals surface area (Å²) in [6, 6.07) is 31.9. The van der Waals surface area contributed by atoms with Crippen molar-refractivity contribution in [2.75, 3.05) is 9.80 Å². The number of allylic oxidation sites excluding steroid dienone is 5. The summed E-state index contributed by atoms with van der Waals surface area (Å²) in [4.78, 5) is 4.98. The van der Waals surface area contributed by atoms with Crippen LogP contribution in [0.5, 0.6) is 0 Å². The lowest BCUT2D eigenvalue weighted by atomic mass is 9.33. The minimum absolute atomic E-state index is 0.102. The number of anilines is 5. The SMILES string of the molecule is C=C/C=C\C=C(/C)N1c2ccccc2B2c3c1cc(C)cc3N(c1ccc(C(C)(C)C)cc1)c1sc3ccccc3c12. The van der Waals surface area contributed by atoms with Gasteiger partial charge in [-0.2, -0.15) is 0 Å². The van der Waals surface area contributed by atoms with Gasteiger partial charge in [0.05, 0.1) is 5.00 Å². The highest BCUT2D eigenvalue weighted by Gasteiger charge is 2.45. The van der Waals surface area contributed by atoms with Gasteiger partial charge in [0.1, 0.15) is 0 Å². The van der Waals surface area contributed by atoms with E-state index in [4.69, 9.17) is 0 Å². The number of rotatable bonds is 4. The van der Waals surface area contributed by atoms with Crippen LogP contribution in [0.1, 0.15) is 38.8 Å². The number of hydrogen-bond acceptors (Lipinski definition) is 3. The molecule has 0 spiro atoms. The van der Waals surface area contributed by atoms with Crippen LogP contribution in [0.4, 0.5) is 27.8 Å². The standard InChI is InChI=1S/C38H35BN2S/c1-7-8-9-14-26(3)40-31-17-12-11-16-30(31)39-35-29-15-10-13-18-34(29)42-37(35)41(33-24-25(2)23-32(40)36(33)39)28-21-19-27(20-22-28)38(4,5)6/h7-24H,1H2,2-6H3/b9-8-,26-14+. The summed E-state index contributed by atoms with van der Waals surface area (Å²) >= 11 is 1.91. The third-order valence-electron chi connectivity index (χ3n) is 8.57. The summed E-state index contributed by atoms with van der Waals surface area (Å²) < 4.78 is 1.33. The Morgan fingerprint density at radius 2 is 1.55 bits per heavy atom. The Morgan fingerprint density at radius 3 is 2.31 bits per heavy atom. The van der Waals surface area contributed by atoms with E-state index in [0.29, 0.717) is 0 Å². The Bertz CT molecular complexity index is 1920. The first-order valence-electron chi connectivity index (χ1n) is 14.7. The van der Waals surface area contributed by atoms with Gasteiger partial charge in [0.15, 0.2) is 0 Å². The van der Waals surface area contributed by atoms with Crippen molar-refractivity contribution in [3.63, 3.8) is 0 Å². The summed E-state index contributed by atoms with van der Waals surface area (Å²) in [6.07, 6.45) is 8.07. The van der Waals surface area contributed by atoms with Gasteiger partial charge in [0, 0.05) is 33.1 Å². The lowest BCUT2D eigenvalue weighted by molar-refractivity contribution is 0.590. The normalized spacial score (nSPS) is 14.3. The van der Waals surface area contributed by atoms with Crippen LogP contribution in [-0.2, 0) is 5.41 Å². The molecule has 2 nitrogen and oxygen atoms in total. The molecule has 7 rings (SSSR count). The monoisotopic (exact) mass is 562 g/mol. The number of fused-ring (bicyclic) bond motifs is 6. The number of benzene rings is 4.